The summed E-state index contributed by atoms with van der Waals surface area (Å²) in [5.41, 5.74) is 4.19. The largest absolute Gasteiger partial charge is 0.290 e. The van der Waals surface area contributed by atoms with Crippen LogP contribution in [-0.4, -0.2) is 5.91 Å². The molecule has 14 heavy (non-hydrogen) atoms. The van der Waals surface area contributed by atoms with Gasteiger partial charge in [0.15, 0.2) is 0 Å². The highest BCUT2D eigenvalue weighted by atomic mass is 32.1. The van der Waals surface area contributed by atoms with Gasteiger partial charge in [-0.2, -0.15) is 0 Å². The second kappa shape index (κ2) is 3.71. The molecule has 3 nitrogen and oxygen atoms in total. The highest BCUT2D eigenvalue weighted by molar-refractivity contribution is 7.10. The van der Waals surface area contributed by atoms with Crippen molar-refractivity contribution in [2.75, 3.05) is 0 Å². The second-order valence-electron chi connectivity index (χ2n) is 3.87. The summed E-state index contributed by atoms with van der Waals surface area (Å²) < 4.78 is 0. The predicted molar refractivity (Wildman–Crippen MR) is 57.2 cm³/mol. The summed E-state index contributed by atoms with van der Waals surface area (Å²) in [5, 5.41) is 1.92. The Morgan fingerprint density at radius 3 is 3.21 bits per heavy atom. The molecule has 1 aliphatic rings. The molecule has 0 saturated carbocycles. The molecular weight excluding hydrogens is 196 g/mol. The van der Waals surface area contributed by atoms with Crippen LogP contribution in [0.3, 0.4) is 0 Å². The Balaban J connectivity index is 2.33. The number of hydrogen-bond acceptors (Lipinski definition) is 3. The maximum Gasteiger partial charge on any atom is 0.266 e. The van der Waals surface area contributed by atoms with E-state index in [-0.39, 0.29) is 5.91 Å². The van der Waals surface area contributed by atoms with Gasteiger partial charge in [0.05, 0.1) is 5.56 Å². The fraction of sp³-hybridized carbons (Fsp3) is 0.500. The Hall–Kier alpha value is -0.870. The van der Waals surface area contributed by atoms with Crippen molar-refractivity contribution in [3.63, 3.8) is 0 Å². The number of hydrazine groups is 1. The van der Waals surface area contributed by atoms with Crippen LogP contribution < -0.4 is 11.3 Å². The smallest absolute Gasteiger partial charge is 0.266 e. The summed E-state index contributed by atoms with van der Waals surface area (Å²) >= 11 is 1.68. The van der Waals surface area contributed by atoms with Gasteiger partial charge in [0, 0.05) is 10.3 Å². The molecule has 2 rings (SSSR count). The number of hydrogen-bond donors (Lipinski definition) is 2. The number of carbonyl (C=O) groups excluding carboxylic acids is 1. The van der Waals surface area contributed by atoms with Crippen molar-refractivity contribution >= 4 is 17.2 Å². The monoisotopic (exact) mass is 210 g/mol. The summed E-state index contributed by atoms with van der Waals surface area (Å²) in [6, 6.07) is 0. The van der Waals surface area contributed by atoms with E-state index in [0.29, 0.717) is 0 Å². The molecule has 0 aromatic carbocycles. The number of nitrogens with one attached hydrogen (secondary N) is 1. The van der Waals surface area contributed by atoms with E-state index in [0.717, 1.165) is 24.3 Å². The van der Waals surface area contributed by atoms with Gasteiger partial charge in [0.1, 0.15) is 0 Å². The average Bonchev–Trinajstić information content (AvgIpc) is 2.59. The molecule has 1 amide bonds. The van der Waals surface area contributed by atoms with Gasteiger partial charge in [-0.15, -0.1) is 11.3 Å². The lowest BCUT2D eigenvalue weighted by atomic mass is 9.88. The minimum absolute atomic E-state index is 0.156. The summed E-state index contributed by atoms with van der Waals surface area (Å²) in [7, 11) is 0. The fourth-order valence-electron chi connectivity index (χ4n) is 1.95. The lowest BCUT2D eigenvalue weighted by Crippen LogP contribution is -2.30. The highest BCUT2D eigenvalue weighted by Crippen LogP contribution is 2.32. The van der Waals surface area contributed by atoms with Crippen molar-refractivity contribution in [1.29, 1.82) is 0 Å². The zero-order chi connectivity index (χ0) is 10.1. The normalized spacial score (nSPS) is 20.3. The van der Waals surface area contributed by atoms with Crippen LogP contribution in [0.15, 0.2) is 5.38 Å². The van der Waals surface area contributed by atoms with Gasteiger partial charge in [0.25, 0.3) is 5.91 Å². The number of nitrogen functional groups attached to an aromatic ring is 1. The molecule has 4 heteroatoms. The van der Waals surface area contributed by atoms with E-state index in [9.17, 15) is 4.79 Å². The maximum absolute atomic E-state index is 11.4. The molecule has 0 spiro atoms. The molecular formula is C10H14N2OS. The molecule has 76 valence electrons. The number of carbonyl (C=O) groups is 1. The Morgan fingerprint density at radius 1 is 1.71 bits per heavy atom. The minimum atomic E-state index is -0.156. The van der Waals surface area contributed by atoms with Crippen LogP contribution >= 0.6 is 11.3 Å². The molecule has 1 aromatic rings. The zero-order valence-corrected chi connectivity index (χ0v) is 8.99. The number of fused-ring (bicyclic) bond motifs is 1. The van der Waals surface area contributed by atoms with Crippen LogP contribution in [0.2, 0.25) is 0 Å². The van der Waals surface area contributed by atoms with Gasteiger partial charge < -0.3 is 0 Å². The number of nitrogens with two attached hydrogens (primary N) is 1. The molecule has 0 radical (unpaired) electrons. The zero-order valence-electron chi connectivity index (χ0n) is 8.17. The van der Waals surface area contributed by atoms with Gasteiger partial charge in [-0.3, -0.25) is 10.2 Å². The second-order valence-corrected chi connectivity index (χ2v) is 4.84. The van der Waals surface area contributed by atoms with Gasteiger partial charge in [0.2, 0.25) is 0 Å². The average molecular weight is 210 g/mol. The Labute approximate surface area is 87.3 Å². The molecule has 1 aliphatic carbocycles. The topological polar surface area (TPSA) is 55.1 Å². The van der Waals surface area contributed by atoms with E-state index in [1.807, 2.05) is 5.38 Å². The van der Waals surface area contributed by atoms with Crippen molar-refractivity contribution in [2.45, 2.75) is 26.2 Å². The molecule has 1 atom stereocenters. The van der Waals surface area contributed by atoms with Gasteiger partial charge in [-0.05, 0) is 30.7 Å². The molecule has 1 unspecified atom stereocenters. The quantitative estimate of drug-likeness (QED) is 0.419. The van der Waals surface area contributed by atoms with Crippen molar-refractivity contribution in [2.24, 2.45) is 11.8 Å². The Morgan fingerprint density at radius 2 is 2.50 bits per heavy atom. The molecule has 0 bridgehead atoms. The fourth-order valence-corrected chi connectivity index (χ4v) is 3.19. The van der Waals surface area contributed by atoms with E-state index in [1.165, 1.54) is 16.9 Å². The Bertz CT molecular complexity index is 359. The SMILES string of the molecule is CC1CCc2c(C(=O)NN)csc2C1. The van der Waals surface area contributed by atoms with Gasteiger partial charge in [-0.25, -0.2) is 5.84 Å². The van der Waals surface area contributed by atoms with Crippen LogP contribution in [0.1, 0.15) is 34.1 Å². The first-order chi connectivity index (χ1) is 6.72. The molecule has 3 N–H and O–H groups in total. The summed E-state index contributed by atoms with van der Waals surface area (Å²) in [6.45, 7) is 2.26. The highest BCUT2D eigenvalue weighted by Gasteiger charge is 2.22. The molecule has 1 aromatic heterocycles. The van der Waals surface area contributed by atoms with E-state index in [4.69, 9.17) is 5.84 Å². The standard InChI is InChI=1S/C10H14N2OS/c1-6-2-3-7-8(10(13)12-11)5-14-9(7)4-6/h5-6H,2-4,11H2,1H3,(H,12,13). The van der Waals surface area contributed by atoms with Crippen LogP contribution in [0.25, 0.3) is 0 Å². The number of amides is 1. The maximum atomic E-state index is 11.4. The van der Waals surface area contributed by atoms with Crippen LogP contribution in [0.4, 0.5) is 0 Å². The van der Waals surface area contributed by atoms with E-state index in [1.54, 1.807) is 11.3 Å². The number of rotatable bonds is 1. The third kappa shape index (κ3) is 1.55. The van der Waals surface area contributed by atoms with E-state index >= 15 is 0 Å². The summed E-state index contributed by atoms with van der Waals surface area (Å²) in [5.74, 6) is 5.72. The summed E-state index contributed by atoms with van der Waals surface area (Å²) in [6.07, 6.45) is 3.30. The van der Waals surface area contributed by atoms with E-state index < -0.39 is 0 Å². The predicted octanol–water partition coefficient (Wildman–Crippen LogP) is 1.48. The molecule has 0 fully saturated rings. The minimum Gasteiger partial charge on any atom is -0.290 e. The van der Waals surface area contributed by atoms with Gasteiger partial charge >= 0.3 is 0 Å². The first kappa shape index (κ1) is 9.68. The Kier molecular flexibility index (Phi) is 2.56. The summed E-state index contributed by atoms with van der Waals surface area (Å²) in [4.78, 5) is 12.8. The van der Waals surface area contributed by atoms with Crippen LogP contribution in [0, 0.1) is 5.92 Å². The number of thiophene rings is 1. The third-order valence-electron chi connectivity index (χ3n) is 2.78. The molecule has 0 aliphatic heterocycles. The van der Waals surface area contributed by atoms with Crippen LogP contribution in [0.5, 0.6) is 0 Å². The molecule has 0 saturated heterocycles. The van der Waals surface area contributed by atoms with Crippen LogP contribution in [-0.2, 0) is 12.8 Å². The van der Waals surface area contributed by atoms with Crippen molar-refractivity contribution in [1.82, 2.24) is 5.43 Å². The lowest BCUT2D eigenvalue weighted by molar-refractivity contribution is 0.0953. The van der Waals surface area contributed by atoms with Crippen molar-refractivity contribution in [3.8, 4) is 0 Å². The lowest BCUT2D eigenvalue weighted by Gasteiger charge is -2.18. The third-order valence-corrected chi connectivity index (χ3v) is 3.83. The first-order valence-electron chi connectivity index (χ1n) is 4.82. The van der Waals surface area contributed by atoms with Crippen molar-refractivity contribution < 1.29 is 4.79 Å². The molecule has 1 heterocycles. The van der Waals surface area contributed by atoms with E-state index in [2.05, 4.69) is 12.3 Å². The first-order valence-corrected chi connectivity index (χ1v) is 5.70. The van der Waals surface area contributed by atoms with Gasteiger partial charge in [-0.1, -0.05) is 6.92 Å². The van der Waals surface area contributed by atoms with Crippen molar-refractivity contribution in [3.05, 3.63) is 21.4 Å².